The zero-order valence-electron chi connectivity index (χ0n) is 17.7. The lowest BCUT2D eigenvalue weighted by Gasteiger charge is -2.21. The predicted molar refractivity (Wildman–Crippen MR) is 127 cm³/mol. The number of carbonyl (C=O) groups excluding carboxylic acids is 1. The zero-order chi connectivity index (χ0) is 23.1. The molecule has 1 amide bonds. The number of anilines is 2. The number of benzene rings is 2. The Morgan fingerprint density at radius 3 is 2.50 bits per heavy atom. The van der Waals surface area contributed by atoms with Gasteiger partial charge in [-0.15, -0.1) is 10.2 Å². The maximum atomic E-state index is 12.2. The van der Waals surface area contributed by atoms with E-state index in [-0.39, 0.29) is 13.0 Å². The van der Waals surface area contributed by atoms with Gasteiger partial charge in [0, 0.05) is 22.5 Å². The summed E-state index contributed by atoms with van der Waals surface area (Å²) in [5.74, 6) is -0.849. The monoisotopic (exact) mass is 474 g/mol. The van der Waals surface area contributed by atoms with Crippen molar-refractivity contribution >= 4 is 53.5 Å². The Labute approximate surface area is 191 Å². The van der Waals surface area contributed by atoms with Crippen molar-refractivity contribution in [3.05, 3.63) is 65.3 Å². The maximum absolute atomic E-state index is 12.2. The Hall–Kier alpha value is -2.77. The van der Waals surface area contributed by atoms with Crippen LogP contribution in [0.15, 0.2) is 54.6 Å². The molecular formula is C22H24ClN4O4P. The van der Waals surface area contributed by atoms with E-state index in [0.29, 0.717) is 11.0 Å². The Morgan fingerprint density at radius 1 is 1.16 bits per heavy atom. The van der Waals surface area contributed by atoms with Crippen LogP contribution < -0.4 is 10.6 Å². The first kappa shape index (κ1) is 23.9. The highest BCUT2D eigenvalue weighted by molar-refractivity contribution is 7.53. The van der Waals surface area contributed by atoms with Crippen LogP contribution in [-0.4, -0.2) is 33.4 Å². The van der Waals surface area contributed by atoms with Crippen molar-refractivity contribution in [2.45, 2.75) is 26.1 Å². The first-order chi connectivity index (χ1) is 15.3. The van der Waals surface area contributed by atoms with Gasteiger partial charge in [0.1, 0.15) is 5.78 Å². The minimum atomic E-state index is -3.91. The van der Waals surface area contributed by atoms with Crippen molar-refractivity contribution in [1.29, 1.82) is 0 Å². The predicted octanol–water partition coefficient (Wildman–Crippen LogP) is 5.11. The largest absolute Gasteiger partial charge is 0.350 e. The van der Waals surface area contributed by atoms with Crippen molar-refractivity contribution < 1.29 is 18.8 Å². The summed E-state index contributed by atoms with van der Waals surface area (Å²) in [5.41, 5.74) is 1.57. The van der Waals surface area contributed by atoms with Gasteiger partial charge in [0.15, 0.2) is 11.0 Å². The second-order valence-corrected chi connectivity index (χ2v) is 9.25. The number of amides is 1. The minimum Gasteiger partial charge on any atom is -0.338 e. The number of nitrogens with one attached hydrogen (secondary N) is 2. The molecule has 0 aliphatic heterocycles. The lowest BCUT2D eigenvalue weighted by atomic mass is 10.1. The van der Waals surface area contributed by atoms with Gasteiger partial charge in [0.05, 0.1) is 6.61 Å². The molecule has 3 aromatic rings. The summed E-state index contributed by atoms with van der Waals surface area (Å²) >= 11 is 6.12. The molecule has 2 unspecified atom stereocenters. The number of fused-ring (bicyclic) bond motifs is 1. The van der Waals surface area contributed by atoms with Crippen LogP contribution in [0.25, 0.3) is 16.8 Å². The number of carbonyl (C=O) groups is 1. The quantitative estimate of drug-likeness (QED) is 0.291. The van der Waals surface area contributed by atoms with Gasteiger partial charge < -0.3 is 20.1 Å². The number of hydrogen-bond donors (Lipinski definition) is 3. The van der Waals surface area contributed by atoms with Crippen LogP contribution in [0.4, 0.5) is 11.5 Å². The molecule has 0 radical (unpaired) electrons. The van der Waals surface area contributed by atoms with E-state index in [2.05, 4.69) is 20.8 Å². The van der Waals surface area contributed by atoms with Crippen LogP contribution >= 0.6 is 19.2 Å². The van der Waals surface area contributed by atoms with Gasteiger partial charge in [-0.1, -0.05) is 54.9 Å². The summed E-state index contributed by atoms with van der Waals surface area (Å²) in [6, 6.07) is 14.9. The van der Waals surface area contributed by atoms with Crippen LogP contribution in [-0.2, 0) is 13.9 Å². The van der Waals surface area contributed by atoms with E-state index in [1.807, 2.05) is 48.5 Å². The molecule has 0 bridgehead atoms. The van der Waals surface area contributed by atoms with Gasteiger partial charge in [-0.2, -0.15) is 0 Å². The van der Waals surface area contributed by atoms with Crippen molar-refractivity contribution in [1.82, 2.24) is 15.5 Å². The molecule has 0 aliphatic rings. The standard InChI is InChI=1S/C22H24ClN4O4P/c1-3-20(32(29,30)31-4-2)25-19(28)14-11-15-9-12-16(13-10-15)24-22-18-8-6-5-7-17(18)21(23)26-27-22/h5-14,20H,3-4H2,1-2H3,(H,24,27)(H,25,28)(H,29,30)/b14-11+. The molecule has 0 saturated carbocycles. The zero-order valence-corrected chi connectivity index (χ0v) is 19.3. The molecule has 0 spiro atoms. The van der Waals surface area contributed by atoms with Gasteiger partial charge >= 0.3 is 7.60 Å². The number of nitrogens with zero attached hydrogens (tertiary/aromatic N) is 2. The molecular weight excluding hydrogens is 451 g/mol. The second kappa shape index (κ2) is 10.7. The number of rotatable bonds is 9. The Bertz CT molecular complexity index is 1170. The molecule has 168 valence electrons. The first-order valence-electron chi connectivity index (χ1n) is 10.1. The second-order valence-electron chi connectivity index (χ2n) is 6.88. The van der Waals surface area contributed by atoms with Gasteiger partial charge in [0.2, 0.25) is 5.91 Å². The summed E-state index contributed by atoms with van der Waals surface area (Å²) < 4.78 is 17.0. The van der Waals surface area contributed by atoms with E-state index in [0.717, 1.165) is 22.0 Å². The number of halogens is 1. The fourth-order valence-corrected chi connectivity index (χ4v) is 4.56. The molecule has 3 rings (SSSR count). The molecule has 2 aromatic carbocycles. The van der Waals surface area contributed by atoms with Gasteiger partial charge in [-0.05, 0) is 37.1 Å². The third-order valence-electron chi connectivity index (χ3n) is 4.65. The van der Waals surface area contributed by atoms with Crippen molar-refractivity contribution in [3.8, 4) is 0 Å². The molecule has 10 heteroatoms. The fraction of sp³-hybridized carbons (Fsp3) is 0.227. The van der Waals surface area contributed by atoms with E-state index in [9.17, 15) is 14.3 Å². The summed E-state index contributed by atoms with van der Waals surface area (Å²) in [7, 11) is -3.91. The van der Waals surface area contributed by atoms with Gasteiger partial charge in [0.25, 0.3) is 0 Å². The summed E-state index contributed by atoms with van der Waals surface area (Å²) in [4.78, 5) is 22.1. The Kier molecular flexibility index (Phi) is 7.99. The molecule has 2 atom stereocenters. The van der Waals surface area contributed by atoms with Crippen LogP contribution in [0.2, 0.25) is 5.15 Å². The van der Waals surface area contributed by atoms with E-state index >= 15 is 0 Å². The van der Waals surface area contributed by atoms with E-state index in [4.69, 9.17) is 16.1 Å². The molecule has 0 fully saturated rings. The SMILES string of the molecule is CCOP(=O)(O)C(CC)NC(=O)/C=C/c1ccc(Nc2nnc(Cl)c3ccccc23)cc1. The Morgan fingerprint density at radius 2 is 1.84 bits per heavy atom. The highest BCUT2D eigenvalue weighted by Gasteiger charge is 2.31. The van der Waals surface area contributed by atoms with Crippen LogP contribution in [0, 0.1) is 0 Å². The molecule has 3 N–H and O–H groups in total. The van der Waals surface area contributed by atoms with Crippen molar-refractivity contribution in [3.63, 3.8) is 0 Å². The van der Waals surface area contributed by atoms with Gasteiger partial charge in [-0.25, -0.2) is 0 Å². The molecule has 8 nitrogen and oxygen atoms in total. The normalized spacial score (nSPS) is 14.2. The van der Waals surface area contributed by atoms with Crippen molar-refractivity contribution in [2.24, 2.45) is 0 Å². The van der Waals surface area contributed by atoms with Crippen molar-refractivity contribution in [2.75, 3.05) is 11.9 Å². The molecule has 1 aromatic heterocycles. The van der Waals surface area contributed by atoms with E-state index < -0.39 is 19.3 Å². The Balaban J connectivity index is 1.66. The summed E-state index contributed by atoms with van der Waals surface area (Å²) in [6.07, 6.45) is 3.21. The van der Waals surface area contributed by atoms with Gasteiger partial charge in [-0.3, -0.25) is 9.36 Å². The van der Waals surface area contributed by atoms with Crippen LogP contribution in [0.1, 0.15) is 25.8 Å². The highest BCUT2D eigenvalue weighted by atomic mass is 35.5. The summed E-state index contributed by atoms with van der Waals surface area (Å²) in [5, 5.41) is 15.9. The molecule has 0 saturated heterocycles. The fourth-order valence-electron chi connectivity index (χ4n) is 3.05. The smallest absolute Gasteiger partial charge is 0.338 e. The molecule has 32 heavy (non-hydrogen) atoms. The highest BCUT2D eigenvalue weighted by Crippen LogP contribution is 2.47. The van der Waals surface area contributed by atoms with E-state index in [1.54, 1.807) is 19.9 Å². The minimum absolute atomic E-state index is 0.0910. The topological polar surface area (TPSA) is 113 Å². The van der Waals surface area contributed by atoms with Crippen LogP contribution in [0.5, 0.6) is 0 Å². The average molecular weight is 475 g/mol. The maximum Gasteiger partial charge on any atom is 0.350 e. The third kappa shape index (κ3) is 5.93. The average Bonchev–Trinajstić information content (AvgIpc) is 2.79. The van der Waals surface area contributed by atoms with E-state index in [1.165, 1.54) is 6.08 Å². The number of aromatic nitrogens is 2. The third-order valence-corrected chi connectivity index (χ3v) is 6.84. The lowest BCUT2D eigenvalue weighted by Crippen LogP contribution is -2.33. The molecule has 1 heterocycles. The lowest BCUT2D eigenvalue weighted by molar-refractivity contribution is -0.116. The van der Waals surface area contributed by atoms with Crippen LogP contribution in [0.3, 0.4) is 0 Å². The molecule has 0 aliphatic carbocycles. The number of hydrogen-bond acceptors (Lipinski definition) is 6. The summed E-state index contributed by atoms with van der Waals surface area (Å²) in [6.45, 7) is 3.42. The first-order valence-corrected chi connectivity index (χ1v) is 12.1.